The topological polar surface area (TPSA) is 72.7 Å². The second-order valence-electron chi connectivity index (χ2n) is 6.91. The molecule has 6 heteroatoms. The number of amides is 1. The number of carbonyl (C=O) groups excluding carboxylic acids is 1. The first-order chi connectivity index (χ1) is 12.5. The van der Waals surface area contributed by atoms with Gasteiger partial charge in [-0.15, -0.1) is 5.10 Å². The summed E-state index contributed by atoms with van der Waals surface area (Å²) in [5, 5.41) is 14.2. The van der Waals surface area contributed by atoms with Crippen LogP contribution in [0, 0.1) is 0 Å². The summed E-state index contributed by atoms with van der Waals surface area (Å²) >= 11 is 0. The van der Waals surface area contributed by atoms with Crippen molar-refractivity contribution >= 4 is 11.6 Å². The van der Waals surface area contributed by atoms with Crippen molar-refractivity contribution in [1.82, 2.24) is 20.2 Å². The fraction of sp³-hybridized carbons (Fsp3) is 0.300. The molecule has 6 nitrogen and oxygen atoms in total. The van der Waals surface area contributed by atoms with E-state index < -0.39 is 0 Å². The molecule has 0 fully saturated rings. The zero-order valence-electron chi connectivity index (χ0n) is 15.5. The minimum atomic E-state index is -0.154. The average Bonchev–Trinajstić information content (AvgIpc) is 3.16. The molecule has 3 aromatic rings. The normalized spacial score (nSPS) is 11.2. The SMILES string of the molecule is CC(C)c1ccc(NC(=O)c2cccc(-n3cnnn3)c2)c(C(C)C)c1. The summed E-state index contributed by atoms with van der Waals surface area (Å²) < 4.78 is 1.52. The lowest BCUT2D eigenvalue weighted by Crippen LogP contribution is -2.14. The molecular weight excluding hydrogens is 326 g/mol. The molecule has 0 unspecified atom stereocenters. The van der Waals surface area contributed by atoms with E-state index >= 15 is 0 Å². The zero-order chi connectivity index (χ0) is 18.7. The lowest BCUT2D eigenvalue weighted by molar-refractivity contribution is 0.102. The molecule has 134 valence electrons. The summed E-state index contributed by atoms with van der Waals surface area (Å²) in [5.41, 5.74) is 4.55. The molecule has 1 amide bonds. The number of nitrogens with zero attached hydrogens (tertiary/aromatic N) is 4. The number of aromatic nitrogens is 4. The summed E-state index contributed by atoms with van der Waals surface area (Å²) in [6.45, 7) is 8.60. The van der Waals surface area contributed by atoms with E-state index in [0.29, 0.717) is 17.4 Å². The highest BCUT2D eigenvalue weighted by atomic mass is 16.1. The van der Waals surface area contributed by atoms with Crippen LogP contribution in [0.2, 0.25) is 0 Å². The number of rotatable bonds is 5. The van der Waals surface area contributed by atoms with Crippen LogP contribution in [0.1, 0.15) is 61.0 Å². The van der Waals surface area contributed by atoms with E-state index in [9.17, 15) is 4.79 Å². The van der Waals surface area contributed by atoms with Crippen molar-refractivity contribution in [2.24, 2.45) is 0 Å². The van der Waals surface area contributed by atoms with Crippen molar-refractivity contribution in [3.05, 3.63) is 65.5 Å². The minimum Gasteiger partial charge on any atom is -0.322 e. The van der Waals surface area contributed by atoms with E-state index in [1.165, 1.54) is 16.6 Å². The monoisotopic (exact) mass is 349 g/mol. The Morgan fingerprint density at radius 2 is 1.85 bits per heavy atom. The molecule has 2 aromatic carbocycles. The van der Waals surface area contributed by atoms with Crippen LogP contribution >= 0.6 is 0 Å². The van der Waals surface area contributed by atoms with E-state index in [1.807, 2.05) is 18.2 Å². The highest BCUT2D eigenvalue weighted by molar-refractivity contribution is 6.05. The molecule has 1 heterocycles. The predicted octanol–water partition coefficient (Wildman–Crippen LogP) is 4.16. The van der Waals surface area contributed by atoms with E-state index in [-0.39, 0.29) is 5.91 Å². The number of anilines is 1. The van der Waals surface area contributed by atoms with Gasteiger partial charge in [0.05, 0.1) is 5.69 Å². The van der Waals surface area contributed by atoms with Crippen molar-refractivity contribution in [3.63, 3.8) is 0 Å². The Balaban J connectivity index is 1.87. The van der Waals surface area contributed by atoms with E-state index in [2.05, 4.69) is 60.7 Å². The van der Waals surface area contributed by atoms with Gasteiger partial charge >= 0.3 is 0 Å². The fourth-order valence-corrected chi connectivity index (χ4v) is 2.80. The predicted molar refractivity (Wildman–Crippen MR) is 102 cm³/mol. The molecular formula is C20H23N5O. The summed E-state index contributed by atoms with van der Waals surface area (Å²) in [6, 6.07) is 13.5. The molecule has 0 saturated carbocycles. The quantitative estimate of drug-likeness (QED) is 0.750. The van der Waals surface area contributed by atoms with Gasteiger partial charge in [0.2, 0.25) is 0 Å². The van der Waals surface area contributed by atoms with Gasteiger partial charge in [-0.2, -0.15) is 0 Å². The number of benzene rings is 2. The average molecular weight is 349 g/mol. The van der Waals surface area contributed by atoms with Crippen molar-refractivity contribution < 1.29 is 4.79 Å². The molecule has 0 bridgehead atoms. The second-order valence-corrected chi connectivity index (χ2v) is 6.91. The summed E-state index contributed by atoms with van der Waals surface area (Å²) in [7, 11) is 0. The summed E-state index contributed by atoms with van der Waals surface area (Å²) in [4.78, 5) is 12.8. The Morgan fingerprint density at radius 1 is 1.04 bits per heavy atom. The fourth-order valence-electron chi connectivity index (χ4n) is 2.80. The molecule has 0 radical (unpaired) electrons. The van der Waals surface area contributed by atoms with E-state index in [4.69, 9.17) is 0 Å². The minimum absolute atomic E-state index is 0.154. The van der Waals surface area contributed by atoms with Crippen LogP contribution in [0.25, 0.3) is 5.69 Å². The molecule has 3 rings (SSSR count). The van der Waals surface area contributed by atoms with Crippen molar-refractivity contribution in [2.75, 3.05) is 5.32 Å². The van der Waals surface area contributed by atoms with Gasteiger partial charge in [-0.25, -0.2) is 4.68 Å². The first-order valence-corrected chi connectivity index (χ1v) is 8.74. The zero-order valence-corrected chi connectivity index (χ0v) is 15.5. The summed E-state index contributed by atoms with van der Waals surface area (Å²) in [6.07, 6.45) is 1.50. The van der Waals surface area contributed by atoms with E-state index in [1.54, 1.807) is 12.1 Å². The maximum Gasteiger partial charge on any atom is 0.255 e. The molecule has 1 aromatic heterocycles. The number of hydrogen-bond donors (Lipinski definition) is 1. The van der Waals surface area contributed by atoms with Crippen LogP contribution in [0.5, 0.6) is 0 Å². The number of carbonyl (C=O) groups is 1. The van der Waals surface area contributed by atoms with Gasteiger partial charge in [0.15, 0.2) is 0 Å². The largest absolute Gasteiger partial charge is 0.322 e. The van der Waals surface area contributed by atoms with Gasteiger partial charge in [-0.3, -0.25) is 4.79 Å². The Labute approximate surface area is 153 Å². The Kier molecular flexibility index (Phi) is 5.11. The van der Waals surface area contributed by atoms with Crippen LogP contribution in [0.15, 0.2) is 48.8 Å². The standard InChI is InChI=1S/C20H23N5O/c1-13(2)15-8-9-19(18(11-15)14(3)4)22-20(26)16-6-5-7-17(10-16)25-12-21-23-24-25/h5-14H,1-4H3,(H,22,26). The van der Waals surface area contributed by atoms with Crippen molar-refractivity contribution in [2.45, 2.75) is 39.5 Å². The molecule has 0 aliphatic rings. The maximum atomic E-state index is 12.8. The smallest absolute Gasteiger partial charge is 0.255 e. The van der Waals surface area contributed by atoms with E-state index in [0.717, 1.165) is 16.9 Å². The number of tetrazole rings is 1. The van der Waals surface area contributed by atoms with Crippen molar-refractivity contribution in [1.29, 1.82) is 0 Å². The second kappa shape index (κ2) is 7.47. The lowest BCUT2D eigenvalue weighted by atomic mass is 9.94. The van der Waals surface area contributed by atoms with Crippen LogP contribution in [-0.4, -0.2) is 26.1 Å². The molecule has 0 aliphatic heterocycles. The molecule has 0 atom stereocenters. The highest BCUT2D eigenvalue weighted by Gasteiger charge is 2.14. The number of nitrogens with one attached hydrogen (secondary N) is 1. The number of hydrogen-bond acceptors (Lipinski definition) is 4. The van der Waals surface area contributed by atoms with Gasteiger partial charge in [0.1, 0.15) is 6.33 Å². The third-order valence-electron chi connectivity index (χ3n) is 4.33. The Bertz CT molecular complexity index is 900. The van der Waals surface area contributed by atoms with Crippen LogP contribution in [0.3, 0.4) is 0 Å². The van der Waals surface area contributed by atoms with Gasteiger partial charge < -0.3 is 5.32 Å². The maximum absolute atomic E-state index is 12.8. The van der Waals surface area contributed by atoms with Gasteiger partial charge in [-0.1, -0.05) is 45.9 Å². The third kappa shape index (κ3) is 3.79. The first-order valence-electron chi connectivity index (χ1n) is 8.74. The molecule has 1 N–H and O–H groups in total. The first kappa shape index (κ1) is 17.8. The van der Waals surface area contributed by atoms with Gasteiger partial charge in [0, 0.05) is 11.3 Å². The highest BCUT2D eigenvalue weighted by Crippen LogP contribution is 2.28. The van der Waals surface area contributed by atoms with Crippen LogP contribution < -0.4 is 5.32 Å². The Hall–Kier alpha value is -3.02. The Morgan fingerprint density at radius 3 is 2.50 bits per heavy atom. The molecule has 0 saturated heterocycles. The molecule has 0 spiro atoms. The van der Waals surface area contributed by atoms with Gasteiger partial charge in [-0.05, 0) is 57.7 Å². The molecule has 0 aliphatic carbocycles. The van der Waals surface area contributed by atoms with Crippen LogP contribution in [-0.2, 0) is 0 Å². The van der Waals surface area contributed by atoms with Crippen LogP contribution in [0.4, 0.5) is 5.69 Å². The lowest BCUT2D eigenvalue weighted by Gasteiger charge is -2.17. The molecule has 26 heavy (non-hydrogen) atoms. The third-order valence-corrected chi connectivity index (χ3v) is 4.33. The summed E-state index contributed by atoms with van der Waals surface area (Å²) in [5.74, 6) is 0.612. The van der Waals surface area contributed by atoms with Gasteiger partial charge in [0.25, 0.3) is 5.91 Å². The van der Waals surface area contributed by atoms with Crippen molar-refractivity contribution in [3.8, 4) is 5.69 Å².